The van der Waals surface area contributed by atoms with E-state index in [0.717, 1.165) is 92.4 Å². The number of hydrogen-bond donors (Lipinski definition) is 1. The van der Waals surface area contributed by atoms with E-state index in [1.54, 1.807) is 0 Å². The van der Waals surface area contributed by atoms with Gasteiger partial charge < -0.3 is 15.0 Å². The van der Waals surface area contributed by atoms with Gasteiger partial charge >= 0.3 is 5.97 Å². The van der Waals surface area contributed by atoms with Crippen LogP contribution in [0.3, 0.4) is 0 Å². The molecule has 1 saturated heterocycles. The van der Waals surface area contributed by atoms with E-state index in [1.165, 1.54) is 24.7 Å². The monoisotopic (exact) mass is 573 g/mol. The number of nitrogens with zero attached hydrogens (tertiary/aromatic N) is 4. The molecule has 0 saturated carbocycles. The molecule has 0 radical (unpaired) electrons. The zero-order valence-corrected chi connectivity index (χ0v) is 24.8. The molecular formula is C36H39N5O2. The van der Waals surface area contributed by atoms with E-state index in [2.05, 4.69) is 81.9 Å². The summed E-state index contributed by atoms with van der Waals surface area (Å²) in [5.41, 5.74) is 8.34. The molecule has 0 atom stereocenters. The van der Waals surface area contributed by atoms with E-state index in [9.17, 15) is 4.79 Å². The highest BCUT2D eigenvalue weighted by molar-refractivity contribution is 5.96. The van der Waals surface area contributed by atoms with E-state index in [-0.39, 0.29) is 5.97 Å². The lowest BCUT2D eigenvalue weighted by atomic mass is 9.91. The number of benzene rings is 3. The molecule has 0 unspecified atom stereocenters. The number of nitrogens with one attached hydrogen (secondary N) is 1. The lowest BCUT2D eigenvalue weighted by molar-refractivity contribution is 0.0600. The first kappa shape index (κ1) is 28.8. The average Bonchev–Trinajstić information content (AvgIpc) is 3.09. The molecule has 2 aliphatic heterocycles. The summed E-state index contributed by atoms with van der Waals surface area (Å²) in [4.78, 5) is 26.8. The molecular weight excluding hydrogens is 534 g/mol. The third-order valence-electron chi connectivity index (χ3n) is 8.47. The quantitative estimate of drug-likeness (QED) is 0.257. The molecule has 3 heterocycles. The Hall–Kier alpha value is -4.33. The van der Waals surface area contributed by atoms with Crippen LogP contribution in [0.5, 0.6) is 0 Å². The number of anilines is 1. The number of carbonyl (C=O) groups excluding carboxylic acids is 1. The van der Waals surface area contributed by atoms with Crippen LogP contribution in [0, 0.1) is 0 Å². The van der Waals surface area contributed by atoms with Gasteiger partial charge in [-0.25, -0.2) is 14.8 Å². The Kier molecular flexibility index (Phi) is 9.21. The molecule has 7 heteroatoms. The Bertz CT molecular complexity index is 1540. The number of carbonyl (C=O) groups is 1. The van der Waals surface area contributed by atoms with Gasteiger partial charge in [0.1, 0.15) is 0 Å². The molecule has 0 aliphatic carbocycles. The maximum absolute atomic E-state index is 12.5. The number of piperazine rings is 1. The van der Waals surface area contributed by atoms with Crippen molar-refractivity contribution < 1.29 is 9.53 Å². The van der Waals surface area contributed by atoms with Crippen LogP contribution in [0.25, 0.3) is 28.1 Å². The van der Waals surface area contributed by atoms with Gasteiger partial charge in [-0.15, -0.1) is 0 Å². The fourth-order valence-corrected chi connectivity index (χ4v) is 5.97. The van der Waals surface area contributed by atoms with Gasteiger partial charge in [0.25, 0.3) is 0 Å². The molecule has 220 valence electrons. The maximum Gasteiger partial charge on any atom is 0.338 e. The van der Waals surface area contributed by atoms with E-state index in [0.29, 0.717) is 5.56 Å². The first-order valence-electron chi connectivity index (χ1n) is 15.2. The Labute approximate surface area is 254 Å². The largest absolute Gasteiger partial charge is 0.465 e. The van der Waals surface area contributed by atoms with Crippen LogP contribution in [-0.4, -0.2) is 73.8 Å². The number of aromatic nitrogens is 2. The fourth-order valence-electron chi connectivity index (χ4n) is 5.97. The molecule has 0 bridgehead atoms. The van der Waals surface area contributed by atoms with Crippen LogP contribution in [0.15, 0.2) is 91.3 Å². The van der Waals surface area contributed by atoms with Crippen molar-refractivity contribution in [2.45, 2.75) is 19.3 Å². The minimum Gasteiger partial charge on any atom is -0.465 e. The minimum atomic E-state index is -0.308. The normalized spacial score (nSPS) is 15.7. The van der Waals surface area contributed by atoms with Crippen molar-refractivity contribution in [1.82, 2.24) is 20.2 Å². The van der Waals surface area contributed by atoms with Gasteiger partial charge in [-0.1, -0.05) is 66.7 Å². The smallest absolute Gasteiger partial charge is 0.338 e. The highest BCUT2D eigenvalue weighted by Gasteiger charge is 2.19. The van der Waals surface area contributed by atoms with E-state index in [1.807, 2.05) is 24.5 Å². The second-order valence-electron chi connectivity index (χ2n) is 11.2. The van der Waals surface area contributed by atoms with E-state index >= 15 is 0 Å². The number of esters is 1. The fraction of sp³-hybridized carbons (Fsp3) is 0.306. The number of ether oxygens (including phenoxy) is 1. The Balaban J connectivity index is 1.07. The van der Waals surface area contributed by atoms with Gasteiger partial charge in [-0.2, -0.15) is 0 Å². The van der Waals surface area contributed by atoms with Crippen LogP contribution < -0.4 is 10.2 Å². The SMILES string of the molecule is COC(=O)c1ccc(-c2ccc(-c3ncc(N4CCN(CCCc5ccccc5)CC4)cn3)cc2)cc1C1=CCNCC1. The lowest BCUT2D eigenvalue weighted by Gasteiger charge is -2.35. The molecule has 4 aromatic rings. The van der Waals surface area contributed by atoms with Crippen LogP contribution >= 0.6 is 0 Å². The van der Waals surface area contributed by atoms with Crippen molar-refractivity contribution >= 4 is 17.2 Å². The Morgan fingerprint density at radius 2 is 1.60 bits per heavy atom. The number of rotatable bonds is 9. The van der Waals surface area contributed by atoms with Crippen LogP contribution in [-0.2, 0) is 11.2 Å². The molecule has 0 spiro atoms. The summed E-state index contributed by atoms with van der Waals surface area (Å²) in [6.07, 6.45) is 9.26. The zero-order chi connectivity index (χ0) is 29.4. The first-order chi connectivity index (χ1) is 21.2. The summed E-state index contributed by atoms with van der Waals surface area (Å²) in [6, 6.07) is 25.0. The van der Waals surface area contributed by atoms with Crippen molar-refractivity contribution in [2.24, 2.45) is 0 Å². The standard InChI is InChI=1S/C36H39N5O2/c1-43-36(42)33-14-13-31(24-34(33)29-15-17-37-18-16-29)28-9-11-30(12-10-28)35-38-25-32(26-39-35)41-22-20-40(21-23-41)19-5-8-27-6-3-2-4-7-27/h2-4,6-7,9-15,24-26,37H,5,8,16-23H2,1H3. The van der Waals surface area contributed by atoms with Crippen LogP contribution in [0.1, 0.15) is 34.3 Å². The Morgan fingerprint density at radius 3 is 2.30 bits per heavy atom. The highest BCUT2D eigenvalue weighted by Crippen LogP contribution is 2.31. The van der Waals surface area contributed by atoms with Crippen molar-refractivity contribution in [1.29, 1.82) is 0 Å². The molecule has 7 nitrogen and oxygen atoms in total. The van der Waals surface area contributed by atoms with E-state index in [4.69, 9.17) is 14.7 Å². The number of hydrogen-bond acceptors (Lipinski definition) is 7. The summed E-state index contributed by atoms with van der Waals surface area (Å²) in [5, 5.41) is 3.34. The number of methoxy groups -OCH3 is 1. The third-order valence-corrected chi connectivity index (χ3v) is 8.47. The maximum atomic E-state index is 12.5. The topological polar surface area (TPSA) is 70.6 Å². The summed E-state index contributed by atoms with van der Waals surface area (Å²) in [5.74, 6) is 0.411. The number of aryl methyl sites for hydroxylation is 1. The molecule has 1 aromatic heterocycles. The second-order valence-corrected chi connectivity index (χ2v) is 11.2. The van der Waals surface area contributed by atoms with Gasteiger partial charge in [-0.05, 0) is 72.3 Å². The van der Waals surface area contributed by atoms with Gasteiger partial charge in [0.15, 0.2) is 5.82 Å². The summed E-state index contributed by atoms with van der Waals surface area (Å²) in [6.45, 7) is 6.96. The first-order valence-corrected chi connectivity index (χ1v) is 15.2. The Morgan fingerprint density at radius 1 is 0.884 bits per heavy atom. The zero-order valence-electron chi connectivity index (χ0n) is 24.8. The predicted molar refractivity (Wildman–Crippen MR) is 173 cm³/mol. The van der Waals surface area contributed by atoms with Crippen LogP contribution in [0.4, 0.5) is 5.69 Å². The molecule has 43 heavy (non-hydrogen) atoms. The van der Waals surface area contributed by atoms with Crippen molar-refractivity contribution in [3.05, 3.63) is 108 Å². The molecule has 0 amide bonds. The summed E-state index contributed by atoms with van der Waals surface area (Å²) < 4.78 is 5.06. The highest BCUT2D eigenvalue weighted by atomic mass is 16.5. The van der Waals surface area contributed by atoms with Gasteiger partial charge in [0, 0.05) is 38.3 Å². The average molecular weight is 574 g/mol. The third kappa shape index (κ3) is 7.01. The minimum absolute atomic E-state index is 0.308. The van der Waals surface area contributed by atoms with Gasteiger partial charge in [0.2, 0.25) is 0 Å². The molecule has 1 N–H and O–H groups in total. The van der Waals surface area contributed by atoms with E-state index < -0.39 is 0 Å². The van der Waals surface area contributed by atoms with Gasteiger partial charge in [0.05, 0.1) is 30.8 Å². The molecule has 1 fully saturated rings. The molecule has 2 aliphatic rings. The van der Waals surface area contributed by atoms with Crippen molar-refractivity contribution in [3.63, 3.8) is 0 Å². The second kappa shape index (κ2) is 13.8. The van der Waals surface area contributed by atoms with Crippen molar-refractivity contribution in [3.8, 4) is 22.5 Å². The van der Waals surface area contributed by atoms with Gasteiger partial charge in [-0.3, -0.25) is 4.90 Å². The van der Waals surface area contributed by atoms with Crippen molar-refractivity contribution in [2.75, 3.05) is 57.8 Å². The molecule has 6 rings (SSSR count). The van der Waals surface area contributed by atoms with Crippen LogP contribution in [0.2, 0.25) is 0 Å². The molecule has 3 aromatic carbocycles. The lowest BCUT2D eigenvalue weighted by Crippen LogP contribution is -2.46. The summed E-state index contributed by atoms with van der Waals surface area (Å²) >= 11 is 0. The predicted octanol–water partition coefficient (Wildman–Crippen LogP) is 5.73. The summed E-state index contributed by atoms with van der Waals surface area (Å²) in [7, 11) is 1.43.